The first-order chi connectivity index (χ1) is 10.1. The Labute approximate surface area is 131 Å². The van der Waals surface area contributed by atoms with E-state index in [1.54, 1.807) is 0 Å². The molecule has 1 aromatic heterocycles. The molecule has 7 nitrogen and oxygen atoms in total. The van der Waals surface area contributed by atoms with Crippen LogP contribution in [0.25, 0.3) is 0 Å². The van der Waals surface area contributed by atoms with Crippen LogP contribution >= 0.6 is 0 Å². The zero-order valence-electron chi connectivity index (χ0n) is 13.4. The minimum Gasteiger partial charge on any atom is -0.355 e. The van der Waals surface area contributed by atoms with Gasteiger partial charge in [0.15, 0.2) is 0 Å². The second kappa shape index (κ2) is 7.55. The number of amides is 1. The predicted molar refractivity (Wildman–Crippen MR) is 84.0 cm³/mol. The molecule has 0 bridgehead atoms. The smallest absolute Gasteiger partial charge is 0.251 e. The summed E-state index contributed by atoms with van der Waals surface area (Å²) in [4.78, 5) is 23.5. The molecule has 1 aromatic rings. The molecule has 0 atom stereocenters. The average molecular weight is 329 g/mol. The summed E-state index contributed by atoms with van der Waals surface area (Å²) >= 11 is 0. The highest BCUT2D eigenvalue weighted by Gasteiger charge is 2.18. The number of pyridine rings is 1. The van der Waals surface area contributed by atoms with E-state index in [-0.39, 0.29) is 17.3 Å². The SMILES string of the molecule is CC(C)CCNC(=O)Cn1cc(S(=O)(=O)N(C)C)ccc1=O. The third kappa shape index (κ3) is 4.96. The topological polar surface area (TPSA) is 88.5 Å². The summed E-state index contributed by atoms with van der Waals surface area (Å²) in [5, 5.41) is 2.71. The summed E-state index contributed by atoms with van der Waals surface area (Å²) in [6, 6.07) is 2.39. The Morgan fingerprint density at radius 1 is 1.32 bits per heavy atom. The molecule has 0 radical (unpaired) electrons. The van der Waals surface area contributed by atoms with Crippen molar-refractivity contribution in [2.45, 2.75) is 31.7 Å². The van der Waals surface area contributed by atoms with Crippen LogP contribution in [0.4, 0.5) is 0 Å². The zero-order valence-corrected chi connectivity index (χ0v) is 14.2. The van der Waals surface area contributed by atoms with Crippen molar-refractivity contribution in [3.63, 3.8) is 0 Å². The Morgan fingerprint density at radius 2 is 1.95 bits per heavy atom. The van der Waals surface area contributed by atoms with E-state index in [1.165, 1.54) is 26.4 Å². The Bertz CT molecular complexity index is 678. The summed E-state index contributed by atoms with van der Waals surface area (Å²) in [7, 11) is -0.826. The number of carbonyl (C=O) groups is 1. The number of nitrogens with zero attached hydrogens (tertiary/aromatic N) is 2. The molecule has 0 spiro atoms. The molecule has 1 heterocycles. The van der Waals surface area contributed by atoms with E-state index in [0.717, 1.165) is 21.4 Å². The first-order valence-electron chi connectivity index (χ1n) is 7.04. The van der Waals surface area contributed by atoms with Crippen LogP contribution in [-0.2, 0) is 21.4 Å². The molecule has 0 saturated heterocycles. The number of carbonyl (C=O) groups excluding carboxylic acids is 1. The van der Waals surface area contributed by atoms with Gasteiger partial charge in [0, 0.05) is 32.9 Å². The minimum atomic E-state index is -3.64. The van der Waals surface area contributed by atoms with E-state index in [4.69, 9.17) is 0 Å². The van der Waals surface area contributed by atoms with E-state index < -0.39 is 15.6 Å². The monoisotopic (exact) mass is 329 g/mol. The van der Waals surface area contributed by atoms with Crippen LogP contribution in [0.15, 0.2) is 28.0 Å². The molecule has 124 valence electrons. The number of hydrogen-bond donors (Lipinski definition) is 1. The van der Waals surface area contributed by atoms with Crippen molar-refractivity contribution >= 4 is 15.9 Å². The maximum Gasteiger partial charge on any atom is 0.251 e. The van der Waals surface area contributed by atoms with Crippen LogP contribution in [0, 0.1) is 5.92 Å². The fourth-order valence-electron chi connectivity index (χ4n) is 1.71. The molecule has 0 aliphatic heterocycles. The summed E-state index contributed by atoms with van der Waals surface area (Å²) < 4.78 is 26.2. The largest absolute Gasteiger partial charge is 0.355 e. The van der Waals surface area contributed by atoms with E-state index in [9.17, 15) is 18.0 Å². The van der Waals surface area contributed by atoms with Gasteiger partial charge >= 0.3 is 0 Å². The lowest BCUT2D eigenvalue weighted by atomic mass is 10.1. The van der Waals surface area contributed by atoms with Crippen LogP contribution in [0.5, 0.6) is 0 Å². The van der Waals surface area contributed by atoms with Gasteiger partial charge in [-0.15, -0.1) is 0 Å². The number of rotatable bonds is 7. The maximum absolute atomic E-state index is 12.0. The Morgan fingerprint density at radius 3 is 2.50 bits per heavy atom. The van der Waals surface area contributed by atoms with E-state index in [0.29, 0.717) is 12.5 Å². The highest BCUT2D eigenvalue weighted by molar-refractivity contribution is 7.89. The van der Waals surface area contributed by atoms with Crippen molar-refractivity contribution in [1.82, 2.24) is 14.2 Å². The van der Waals surface area contributed by atoms with Crippen molar-refractivity contribution in [2.24, 2.45) is 5.92 Å². The van der Waals surface area contributed by atoms with Gasteiger partial charge in [0.1, 0.15) is 6.54 Å². The highest BCUT2D eigenvalue weighted by Crippen LogP contribution is 2.10. The Balaban J connectivity index is 2.88. The zero-order chi connectivity index (χ0) is 16.9. The van der Waals surface area contributed by atoms with E-state index in [2.05, 4.69) is 5.32 Å². The molecule has 1 amide bonds. The average Bonchev–Trinajstić information content (AvgIpc) is 2.40. The molecule has 0 fully saturated rings. The van der Waals surface area contributed by atoms with E-state index in [1.807, 2.05) is 13.8 Å². The number of hydrogen-bond acceptors (Lipinski definition) is 4. The van der Waals surface area contributed by atoms with Crippen molar-refractivity contribution in [1.29, 1.82) is 0 Å². The van der Waals surface area contributed by atoms with E-state index >= 15 is 0 Å². The third-order valence-corrected chi connectivity index (χ3v) is 4.89. The van der Waals surface area contributed by atoms with Gasteiger partial charge in [0.05, 0.1) is 4.90 Å². The molecule has 0 aromatic carbocycles. The quantitative estimate of drug-likeness (QED) is 0.777. The Hall–Kier alpha value is -1.67. The summed E-state index contributed by atoms with van der Waals surface area (Å²) in [6.07, 6.45) is 2.04. The molecule has 0 unspecified atom stereocenters. The van der Waals surface area contributed by atoms with Crippen molar-refractivity contribution in [3.8, 4) is 0 Å². The fraction of sp³-hybridized carbons (Fsp3) is 0.571. The standard InChI is InChI=1S/C14H23N3O4S/c1-11(2)7-8-15-13(18)10-17-9-12(5-6-14(17)19)22(20,21)16(3)4/h5-6,9,11H,7-8,10H2,1-4H3,(H,15,18). The van der Waals surface area contributed by atoms with Crippen LogP contribution in [-0.4, -0.2) is 43.8 Å². The second-order valence-electron chi connectivity index (χ2n) is 5.65. The van der Waals surface area contributed by atoms with Crippen LogP contribution in [0.1, 0.15) is 20.3 Å². The molecule has 8 heteroatoms. The van der Waals surface area contributed by atoms with Crippen LogP contribution in [0.2, 0.25) is 0 Å². The first-order valence-corrected chi connectivity index (χ1v) is 8.48. The number of sulfonamides is 1. The third-order valence-electron chi connectivity index (χ3n) is 3.09. The second-order valence-corrected chi connectivity index (χ2v) is 7.80. The molecule has 0 saturated carbocycles. The molecule has 22 heavy (non-hydrogen) atoms. The summed E-state index contributed by atoms with van der Waals surface area (Å²) in [5.41, 5.74) is -0.420. The Kier molecular flexibility index (Phi) is 6.31. The molecule has 1 N–H and O–H groups in total. The normalized spacial score (nSPS) is 11.9. The maximum atomic E-state index is 12.0. The summed E-state index contributed by atoms with van der Waals surface area (Å²) in [5.74, 6) is 0.152. The van der Waals surface area contributed by atoms with Gasteiger partial charge in [0.2, 0.25) is 15.9 Å². The number of nitrogens with one attached hydrogen (secondary N) is 1. The molecular formula is C14H23N3O4S. The minimum absolute atomic E-state index is 0.0212. The lowest BCUT2D eigenvalue weighted by Gasteiger charge is -2.13. The van der Waals surface area contributed by atoms with Crippen molar-refractivity contribution < 1.29 is 13.2 Å². The predicted octanol–water partition coefficient (Wildman–Crippen LogP) is 0.261. The van der Waals surface area contributed by atoms with Gasteiger partial charge in [0.25, 0.3) is 5.56 Å². The van der Waals surface area contributed by atoms with Gasteiger partial charge in [-0.25, -0.2) is 12.7 Å². The van der Waals surface area contributed by atoms with Gasteiger partial charge in [-0.05, 0) is 18.4 Å². The lowest BCUT2D eigenvalue weighted by molar-refractivity contribution is -0.121. The van der Waals surface area contributed by atoms with Crippen LogP contribution in [0.3, 0.4) is 0 Å². The molecular weight excluding hydrogens is 306 g/mol. The van der Waals surface area contributed by atoms with Crippen LogP contribution < -0.4 is 10.9 Å². The molecule has 1 rings (SSSR count). The number of aromatic nitrogens is 1. The van der Waals surface area contributed by atoms with Gasteiger partial charge < -0.3 is 9.88 Å². The van der Waals surface area contributed by atoms with Crippen molar-refractivity contribution in [2.75, 3.05) is 20.6 Å². The van der Waals surface area contributed by atoms with Gasteiger partial charge in [-0.2, -0.15) is 0 Å². The summed E-state index contributed by atoms with van der Waals surface area (Å²) in [6.45, 7) is 4.42. The fourth-order valence-corrected chi connectivity index (χ4v) is 2.63. The molecule has 0 aliphatic rings. The first kappa shape index (κ1) is 18.4. The van der Waals surface area contributed by atoms with Gasteiger partial charge in [-0.3, -0.25) is 9.59 Å². The highest BCUT2D eigenvalue weighted by atomic mass is 32.2. The molecule has 0 aliphatic carbocycles. The van der Waals surface area contributed by atoms with Crippen molar-refractivity contribution in [3.05, 3.63) is 28.7 Å². The lowest BCUT2D eigenvalue weighted by Crippen LogP contribution is -2.33. The van der Waals surface area contributed by atoms with Gasteiger partial charge in [-0.1, -0.05) is 13.8 Å².